The highest BCUT2D eigenvalue weighted by Gasteiger charge is 2.30. The maximum absolute atomic E-state index is 5.29. The van der Waals surface area contributed by atoms with E-state index in [1.165, 1.54) is 17.5 Å². The van der Waals surface area contributed by atoms with Crippen molar-refractivity contribution in [1.82, 2.24) is 4.90 Å². The third-order valence-electron chi connectivity index (χ3n) is 4.52. The Morgan fingerprint density at radius 1 is 1.09 bits per heavy atom. The van der Waals surface area contributed by atoms with Gasteiger partial charge >= 0.3 is 0 Å². The number of hydrogen-bond acceptors (Lipinski definition) is 2. The van der Waals surface area contributed by atoms with E-state index in [0.717, 1.165) is 12.3 Å². The fourth-order valence-electron chi connectivity index (χ4n) is 3.27. The zero-order valence-electron chi connectivity index (χ0n) is 13.3. The molecular formula is C20H23NO. The van der Waals surface area contributed by atoms with Crippen LogP contribution in [-0.2, 0) is 0 Å². The third-order valence-corrected chi connectivity index (χ3v) is 4.52. The Kier molecular flexibility index (Phi) is 4.59. The molecule has 1 aliphatic heterocycles. The predicted octanol–water partition coefficient (Wildman–Crippen LogP) is 4.20. The zero-order chi connectivity index (χ0) is 15.4. The Morgan fingerprint density at radius 2 is 1.91 bits per heavy atom. The smallest absolute Gasteiger partial charge is 0.119 e. The fourth-order valence-corrected chi connectivity index (χ4v) is 3.27. The van der Waals surface area contributed by atoms with Crippen LogP contribution in [0.1, 0.15) is 23.5 Å². The molecule has 2 nitrogen and oxygen atoms in total. The van der Waals surface area contributed by atoms with Crippen molar-refractivity contribution in [3.63, 3.8) is 0 Å². The molecule has 0 aromatic heterocycles. The standard InChI is InChI=1S/C20H23NO/c1-21-14-13-19(17-8-4-3-5-9-17)20(21)12-11-16-7-6-10-18(15-16)22-2/h3-12,15,19-20H,13-14H2,1-2H3/t19-,20-/m1/s1. The molecule has 0 unspecified atom stereocenters. The summed E-state index contributed by atoms with van der Waals surface area (Å²) in [5.74, 6) is 1.48. The Hall–Kier alpha value is -2.06. The van der Waals surface area contributed by atoms with Crippen LogP contribution in [0.3, 0.4) is 0 Å². The van der Waals surface area contributed by atoms with Crippen LogP contribution in [0.2, 0.25) is 0 Å². The van der Waals surface area contributed by atoms with E-state index in [1.54, 1.807) is 7.11 Å². The summed E-state index contributed by atoms with van der Waals surface area (Å²) in [7, 11) is 3.92. The lowest BCUT2D eigenvalue weighted by Crippen LogP contribution is -2.26. The van der Waals surface area contributed by atoms with Gasteiger partial charge in [0.05, 0.1) is 7.11 Å². The topological polar surface area (TPSA) is 12.5 Å². The fraction of sp³-hybridized carbons (Fsp3) is 0.300. The molecule has 0 spiro atoms. The Balaban J connectivity index is 1.80. The van der Waals surface area contributed by atoms with Crippen LogP contribution >= 0.6 is 0 Å². The van der Waals surface area contributed by atoms with Crippen molar-refractivity contribution >= 4 is 6.08 Å². The molecule has 2 atom stereocenters. The molecule has 1 aliphatic rings. The van der Waals surface area contributed by atoms with E-state index < -0.39 is 0 Å². The number of likely N-dealkylation sites (N-methyl/N-ethyl adjacent to an activating group) is 1. The van der Waals surface area contributed by atoms with Crippen molar-refractivity contribution in [3.05, 3.63) is 71.8 Å². The second kappa shape index (κ2) is 6.80. The molecule has 0 amide bonds. The van der Waals surface area contributed by atoms with Crippen molar-refractivity contribution < 1.29 is 4.74 Å². The third kappa shape index (κ3) is 3.23. The Morgan fingerprint density at radius 3 is 2.68 bits per heavy atom. The first-order valence-corrected chi connectivity index (χ1v) is 7.85. The van der Waals surface area contributed by atoms with Gasteiger partial charge in [0.25, 0.3) is 0 Å². The summed E-state index contributed by atoms with van der Waals surface area (Å²) in [5.41, 5.74) is 2.62. The normalized spacial score (nSPS) is 22.3. The quantitative estimate of drug-likeness (QED) is 0.838. The molecule has 2 aromatic carbocycles. The van der Waals surface area contributed by atoms with Crippen LogP contribution in [0.5, 0.6) is 5.75 Å². The van der Waals surface area contributed by atoms with Gasteiger partial charge in [-0.25, -0.2) is 0 Å². The van der Waals surface area contributed by atoms with Gasteiger partial charge in [-0.05, 0) is 43.3 Å². The van der Waals surface area contributed by atoms with Gasteiger partial charge in [0.2, 0.25) is 0 Å². The Bertz CT molecular complexity index is 635. The van der Waals surface area contributed by atoms with Crippen molar-refractivity contribution in [2.24, 2.45) is 0 Å². The van der Waals surface area contributed by atoms with E-state index in [9.17, 15) is 0 Å². The molecule has 22 heavy (non-hydrogen) atoms. The lowest BCUT2D eigenvalue weighted by molar-refractivity contribution is 0.347. The highest BCUT2D eigenvalue weighted by molar-refractivity contribution is 5.53. The molecule has 0 N–H and O–H groups in total. The van der Waals surface area contributed by atoms with Crippen molar-refractivity contribution in [1.29, 1.82) is 0 Å². The number of rotatable bonds is 4. The molecule has 2 aromatic rings. The second-order valence-electron chi connectivity index (χ2n) is 5.91. The molecule has 1 saturated heterocycles. The minimum atomic E-state index is 0.452. The Labute approximate surface area is 133 Å². The highest BCUT2D eigenvalue weighted by atomic mass is 16.5. The van der Waals surface area contributed by atoms with Gasteiger partial charge in [-0.2, -0.15) is 0 Å². The van der Waals surface area contributed by atoms with Crippen LogP contribution in [-0.4, -0.2) is 31.6 Å². The number of methoxy groups -OCH3 is 1. The van der Waals surface area contributed by atoms with E-state index in [0.29, 0.717) is 12.0 Å². The first-order valence-electron chi connectivity index (χ1n) is 7.85. The lowest BCUT2D eigenvalue weighted by atomic mass is 9.91. The van der Waals surface area contributed by atoms with Gasteiger partial charge in [-0.3, -0.25) is 4.90 Å². The van der Waals surface area contributed by atoms with Gasteiger partial charge in [0.1, 0.15) is 5.75 Å². The van der Waals surface area contributed by atoms with Gasteiger partial charge in [-0.1, -0.05) is 54.6 Å². The van der Waals surface area contributed by atoms with E-state index >= 15 is 0 Å². The monoisotopic (exact) mass is 293 g/mol. The number of benzene rings is 2. The summed E-state index contributed by atoms with van der Waals surface area (Å²) < 4.78 is 5.29. The SMILES string of the molecule is COc1cccc(C=C[C@@H]2[C@@H](c3ccccc3)CCN2C)c1. The molecular weight excluding hydrogens is 270 g/mol. The van der Waals surface area contributed by atoms with E-state index in [1.807, 2.05) is 12.1 Å². The summed E-state index contributed by atoms with van der Waals surface area (Å²) >= 11 is 0. The number of hydrogen-bond donors (Lipinski definition) is 0. The van der Waals surface area contributed by atoms with Crippen molar-refractivity contribution in [3.8, 4) is 5.75 Å². The zero-order valence-corrected chi connectivity index (χ0v) is 13.3. The van der Waals surface area contributed by atoms with Crippen molar-refractivity contribution in [2.45, 2.75) is 18.4 Å². The molecule has 0 radical (unpaired) electrons. The molecule has 2 heteroatoms. The minimum absolute atomic E-state index is 0.452. The molecule has 0 saturated carbocycles. The summed E-state index contributed by atoms with van der Waals surface area (Å²) in [6.07, 6.45) is 5.76. The van der Waals surface area contributed by atoms with Gasteiger partial charge in [0.15, 0.2) is 0 Å². The van der Waals surface area contributed by atoms with Crippen LogP contribution < -0.4 is 4.74 Å². The molecule has 3 rings (SSSR count). The van der Waals surface area contributed by atoms with Crippen LogP contribution in [0.25, 0.3) is 6.08 Å². The van der Waals surface area contributed by atoms with Crippen LogP contribution in [0.4, 0.5) is 0 Å². The summed E-state index contributed by atoms with van der Waals surface area (Å²) in [6, 6.07) is 19.5. The number of ether oxygens (including phenoxy) is 1. The average Bonchev–Trinajstić information content (AvgIpc) is 2.95. The molecule has 0 bridgehead atoms. The largest absolute Gasteiger partial charge is 0.497 e. The van der Waals surface area contributed by atoms with Gasteiger partial charge in [0, 0.05) is 12.0 Å². The van der Waals surface area contributed by atoms with Crippen molar-refractivity contribution in [2.75, 3.05) is 20.7 Å². The van der Waals surface area contributed by atoms with E-state index in [4.69, 9.17) is 4.74 Å². The second-order valence-corrected chi connectivity index (χ2v) is 5.91. The van der Waals surface area contributed by atoms with Crippen LogP contribution in [0.15, 0.2) is 60.7 Å². The summed E-state index contributed by atoms with van der Waals surface area (Å²) in [5, 5.41) is 0. The van der Waals surface area contributed by atoms with Crippen LogP contribution in [0, 0.1) is 0 Å². The summed E-state index contributed by atoms with van der Waals surface area (Å²) in [6.45, 7) is 1.15. The summed E-state index contributed by atoms with van der Waals surface area (Å²) in [4.78, 5) is 2.44. The molecule has 1 heterocycles. The number of nitrogens with zero attached hydrogens (tertiary/aromatic N) is 1. The first-order chi connectivity index (χ1) is 10.8. The van der Waals surface area contributed by atoms with Gasteiger partial charge in [-0.15, -0.1) is 0 Å². The highest BCUT2D eigenvalue weighted by Crippen LogP contribution is 2.33. The predicted molar refractivity (Wildman–Crippen MR) is 92.2 cm³/mol. The van der Waals surface area contributed by atoms with Gasteiger partial charge < -0.3 is 4.74 Å². The number of likely N-dealkylation sites (tertiary alicyclic amines) is 1. The molecule has 0 aliphatic carbocycles. The lowest BCUT2D eigenvalue weighted by Gasteiger charge is -2.22. The maximum Gasteiger partial charge on any atom is 0.119 e. The van der Waals surface area contributed by atoms with E-state index in [2.05, 4.69) is 66.6 Å². The average molecular weight is 293 g/mol. The minimum Gasteiger partial charge on any atom is -0.497 e. The molecule has 1 fully saturated rings. The first kappa shape index (κ1) is 14.9. The van der Waals surface area contributed by atoms with E-state index in [-0.39, 0.29) is 0 Å². The molecule has 114 valence electrons. The maximum atomic E-state index is 5.29.